The third-order valence-corrected chi connectivity index (χ3v) is 6.00. The highest BCUT2D eigenvalue weighted by Crippen LogP contribution is 2.31. The fraction of sp³-hybridized carbons (Fsp3) is 0.174. The smallest absolute Gasteiger partial charge is 0.238 e. The molecule has 5 nitrogen and oxygen atoms in total. The van der Waals surface area contributed by atoms with Gasteiger partial charge in [-0.3, -0.25) is 9.36 Å². The lowest BCUT2D eigenvalue weighted by Crippen LogP contribution is -2.23. The van der Waals surface area contributed by atoms with Crippen molar-refractivity contribution in [2.24, 2.45) is 0 Å². The van der Waals surface area contributed by atoms with Crippen LogP contribution in [0.25, 0.3) is 16.7 Å². The molecule has 4 rings (SSSR count). The van der Waals surface area contributed by atoms with E-state index in [-0.39, 0.29) is 5.91 Å². The molecule has 0 aliphatic carbocycles. The van der Waals surface area contributed by atoms with Crippen LogP contribution in [0.2, 0.25) is 5.02 Å². The molecule has 2 aromatic carbocycles. The summed E-state index contributed by atoms with van der Waals surface area (Å²) in [5.74, 6) is 0.188. The number of amides is 1. The lowest BCUT2D eigenvalue weighted by molar-refractivity contribution is -0.115. The first-order valence-electron chi connectivity index (χ1n) is 9.56. The Morgan fingerprint density at radius 2 is 1.90 bits per heavy atom. The van der Waals surface area contributed by atoms with E-state index in [9.17, 15) is 4.79 Å². The van der Waals surface area contributed by atoms with Crippen molar-refractivity contribution in [3.8, 4) is 5.69 Å². The van der Waals surface area contributed by atoms with Crippen molar-refractivity contribution in [1.82, 2.24) is 14.5 Å². The van der Waals surface area contributed by atoms with Crippen LogP contribution in [0.3, 0.4) is 0 Å². The molecular formula is C23H21ClN4OS. The maximum atomic E-state index is 12.8. The number of para-hydroxylation sites is 2. The first-order valence-corrected chi connectivity index (χ1v) is 10.8. The highest BCUT2D eigenvalue weighted by Gasteiger charge is 2.21. The predicted molar refractivity (Wildman–Crippen MR) is 124 cm³/mol. The molecule has 2 aromatic heterocycles. The number of hydrogen-bond acceptors (Lipinski definition) is 4. The van der Waals surface area contributed by atoms with Gasteiger partial charge < -0.3 is 5.32 Å². The van der Waals surface area contributed by atoms with E-state index < -0.39 is 5.25 Å². The molecule has 4 aromatic rings. The van der Waals surface area contributed by atoms with Crippen LogP contribution in [0.5, 0.6) is 0 Å². The van der Waals surface area contributed by atoms with Gasteiger partial charge in [-0.2, -0.15) is 0 Å². The number of aryl methyl sites for hydroxylation is 2. The number of nitrogens with one attached hydrogen (secondary N) is 1. The Balaban J connectivity index is 1.64. The molecule has 0 bridgehead atoms. The predicted octanol–water partition coefficient (Wildman–Crippen LogP) is 5.81. The highest BCUT2D eigenvalue weighted by molar-refractivity contribution is 8.00. The first-order chi connectivity index (χ1) is 14.4. The molecule has 0 fully saturated rings. The van der Waals surface area contributed by atoms with Crippen LogP contribution in [-0.4, -0.2) is 25.7 Å². The molecular weight excluding hydrogens is 416 g/mol. The minimum absolute atomic E-state index is 0.180. The largest absolute Gasteiger partial charge is 0.308 e. The fourth-order valence-electron chi connectivity index (χ4n) is 3.16. The molecule has 0 saturated carbocycles. The van der Waals surface area contributed by atoms with E-state index in [2.05, 4.69) is 33.9 Å². The Labute approximate surface area is 184 Å². The summed E-state index contributed by atoms with van der Waals surface area (Å²) in [5.41, 5.74) is 5.00. The third kappa shape index (κ3) is 4.20. The molecule has 0 radical (unpaired) electrons. The zero-order valence-corrected chi connectivity index (χ0v) is 18.5. The number of benzene rings is 2. The van der Waals surface area contributed by atoms with Gasteiger partial charge in [0.05, 0.1) is 21.3 Å². The number of carbonyl (C=O) groups excluding carboxylic acids is 1. The summed E-state index contributed by atoms with van der Waals surface area (Å²) in [6.45, 7) is 5.81. The number of carbonyl (C=O) groups is 1. The molecule has 0 aliphatic rings. The van der Waals surface area contributed by atoms with Gasteiger partial charge in [0.2, 0.25) is 5.91 Å². The van der Waals surface area contributed by atoms with Crippen LogP contribution >= 0.6 is 23.4 Å². The minimum Gasteiger partial charge on any atom is -0.308 e. The summed E-state index contributed by atoms with van der Waals surface area (Å²) in [5, 5.41) is 3.60. The first kappa shape index (κ1) is 20.4. The molecule has 1 atom stereocenters. The number of fused-ring (bicyclic) bond motifs is 1. The zero-order valence-electron chi connectivity index (χ0n) is 16.9. The van der Waals surface area contributed by atoms with E-state index in [1.54, 1.807) is 12.3 Å². The average Bonchev–Trinajstić information content (AvgIpc) is 3.07. The van der Waals surface area contributed by atoms with E-state index in [0.717, 1.165) is 33.0 Å². The van der Waals surface area contributed by atoms with Crippen molar-refractivity contribution in [3.63, 3.8) is 0 Å². The number of halogens is 1. The van der Waals surface area contributed by atoms with Crippen LogP contribution in [0.15, 0.2) is 66.0 Å². The highest BCUT2D eigenvalue weighted by atomic mass is 35.5. The lowest BCUT2D eigenvalue weighted by atomic mass is 10.2. The maximum absolute atomic E-state index is 12.8. The monoisotopic (exact) mass is 436 g/mol. The number of imidazole rings is 1. The summed E-state index contributed by atoms with van der Waals surface area (Å²) >= 11 is 7.61. The van der Waals surface area contributed by atoms with Gasteiger partial charge in [-0.05, 0) is 62.2 Å². The van der Waals surface area contributed by atoms with Crippen molar-refractivity contribution in [2.45, 2.75) is 31.2 Å². The van der Waals surface area contributed by atoms with Gasteiger partial charge in [-0.25, -0.2) is 9.97 Å². The zero-order chi connectivity index (χ0) is 21.3. The van der Waals surface area contributed by atoms with Crippen LogP contribution in [0.1, 0.15) is 18.1 Å². The van der Waals surface area contributed by atoms with Gasteiger partial charge in [-0.15, -0.1) is 0 Å². The van der Waals surface area contributed by atoms with E-state index in [0.29, 0.717) is 10.8 Å². The second-order valence-corrected chi connectivity index (χ2v) is 8.87. The van der Waals surface area contributed by atoms with E-state index >= 15 is 0 Å². The van der Waals surface area contributed by atoms with Crippen LogP contribution in [0.4, 0.5) is 5.82 Å². The Hall–Kier alpha value is -2.83. The number of thioether (sulfide) groups is 1. The fourth-order valence-corrected chi connectivity index (χ4v) is 4.37. The molecule has 2 heterocycles. The quantitative estimate of drug-likeness (QED) is 0.401. The molecule has 0 aliphatic heterocycles. The molecule has 152 valence electrons. The summed E-state index contributed by atoms with van der Waals surface area (Å²) in [7, 11) is 0. The summed E-state index contributed by atoms with van der Waals surface area (Å²) in [6.07, 6.45) is 1.68. The molecule has 7 heteroatoms. The van der Waals surface area contributed by atoms with E-state index in [1.165, 1.54) is 11.8 Å². The molecule has 1 amide bonds. The Morgan fingerprint density at radius 3 is 2.67 bits per heavy atom. The van der Waals surface area contributed by atoms with Crippen LogP contribution in [-0.2, 0) is 4.79 Å². The lowest BCUT2D eigenvalue weighted by Gasteiger charge is -2.14. The van der Waals surface area contributed by atoms with Gasteiger partial charge in [-0.1, -0.05) is 47.6 Å². The van der Waals surface area contributed by atoms with Crippen molar-refractivity contribution in [2.75, 3.05) is 5.32 Å². The number of nitrogens with zero attached hydrogens (tertiary/aromatic N) is 3. The topological polar surface area (TPSA) is 59.8 Å². The van der Waals surface area contributed by atoms with Gasteiger partial charge in [0, 0.05) is 11.9 Å². The van der Waals surface area contributed by atoms with Crippen molar-refractivity contribution >= 4 is 46.1 Å². The maximum Gasteiger partial charge on any atom is 0.238 e. The normalized spacial score (nSPS) is 12.1. The standard InChI is InChI=1S/C23H21ClN4OS/c1-14-7-6-8-17(11-14)28-20-10-5-4-9-19(20)26-23(28)30-16(3)22(29)27-21-18(24)12-15(2)13-25-21/h4-13,16H,1-3H3,(H,25,27,29). The van der Waals surface area contributed by atoms with E-state index in [1.807, 2.05) is 50.2 Å². The van der Waals surface area contributed by atoms with Crippen molar-refractivity contribution < 1.29 is 4.79 Å². The summed E-state index contributed by atoms with van der Waals surface area (Å²) in [6, 6.07) is 18.0. The molecule has 0 spiro atoms. The van der Waals surface area contributed by atoms with E-state index in [4.69, 9.17) is 16.6 Å². The van der Waals surface area contributed by atoms with Crippen LogP contribution in [0, 0.1) is 13.8 Å². The van der Waals surface area contributed by atoms with Crippen molar-refractivity contribution in [3.05, 3.63) is 76.9 Å². The molecule has 30 heavy (non-hydrogen) atoms. The molecule has 1 unspecified atom stereocenters. The Morgan fingerprint density at radius 1 is 1.10 bits per heavy atom. The number of aromatic nitrogens is 3. The SMILES string of the molecule is Cc1cccc(-n2c(SC(C)C(=O)Nc3ncc(C)cc3Cl)nc3ccccc32)c1. The Bertz CT molecular complexity index is 1240. The number of hydrogen-bond donors (Lipinski definition) is 1. The second kappa shape index (κ2) is 8.50. The van der Waals surface area contributed by atoms with Gasteiger partial charge in [0.15, 0.2) is 11.0 Å². The average molecular weight is 437 g/mol. The third-order valence-electron chi connectivity index (χ3n) is 4.66. The number of pyridine rings is 1. The van der Waals surface area contributed by atoms with Crippen LogP contribution < -0.4 is 5.32 Å². The summed E-state index contributed by atoms with van der Waals surface area (Å²) in [4.78, 5) is 21.8. The van der Waals surface area contributed by atoms with Gasteiger partial charge in [0.1, 0.15) is 0 Å². The van der Waals surface area contributed by atoms with Gasteiger partial charge in [0.25, 0.3) is 0 Å². The number of anilines is 1. The minimum atomic E-state index is -0.399. The number of rotatable bonds is 5. The van der Waals surface area contributed by atoms with Gasteiger partial charge >= 0.3 is 0 Å². The Kier molecular flexibility index (Phi) is 5.79. The summed E-state index contributed by atoms with van der Waals surface area (Å²) < 4.78 is 2.09. The van der Waals surface area contributed by atoms with Crippen molar-refractivity contribution in [1.29, 1.82) is 0 Å². The second-order valence-electron chi connectivity index (χ2n) is 7.15. The molecule has 1 N–H and O–H groups in total. The molecule has 0 saturated heterocycles.